The van der Waals surface area contributed by atoms with Gasteiger partial charge in [-0.1, -0.05) is 0 Å². The first-order valence-corrected chi connectivity index (χ1v) is 9.72. The van der Waals surface area contributed by atoms with E-state index < -0.39 is 23.5 Å². The fourth-order valence-corrected chi connectivity index (χ4v) is 3.33. The number of ether oxygens (including phenoxy) is 1. The number of nitrogens with zero attached hydrogens (tertiary/aromatic N) is 3. The molecule has 0 bridgehead atoms. The average Bonchev–Trinajstić information content (AvgIpc) is 3.12. The van der Waals surface area contributed by atoms with Crippen LogP contribution in [0.4, 0.5) is 29.1 Å². The molecule has 0 radical (unpaired) electrons. The molecule has 4 aromatic rings. The Kier molecular flexibility index (Phi) is 5.62. The molecule has 11 heteroatoms. The van der Waals surface area contributed by atoms with Gasteiger partial charge in [-0.05, 0) is 37.3 Å². The van der Waals surface area contributed by atoms with Gasteiger partial charge in [0.25, 0.3) is 5.91 Å². The highest BCUT2D eigenvalue weighted by atomic mass is 19.4. The van der Waals surface area contributed by atoms with Gasteiger partial charge in [0.05, 0.1) is 16.6 Å². The number of hydrogen-bond acceptors (Lipinski definition) is 5. The van der Waals surface area contributed by atoms with Gasteiger partial charge in [-0.2, -0.15) is 13.2 Å². The molecule has 7 nitrogen and oxygen atoms in total. The number of aromatic nitrogens is 3. The number of nitrogen functional groups attached to an aromatic ring is 1. The molecule has 0 aliphatic rings. The summed E-state index contributed by atoms with van der Waals surface area (Å²) in [5, 5.41) is 2.96. The SMILES string of the molecule is CCn1cc(C(=O)Nc2ccc(F)c(C(F)(F)F)c2)c2ccc(Oc3cc(N)ncn3)cc21. The molecule has 0 aliphatic carbocycles. The number of rotatable bonds is 5. The summed E-state index contributed by atoms with van der Waals surface area (Å²) in [5.41, 5.74) is 4.90. The minimum absolute atomic E-state index is 0.174. The summed E-state index contributed by atoms with van der Waals surface area (Å²) in [6, 6.07) is 8.73. The van der Waals surface area contributed by atoms with Gasteiger partial charge in [-0.3, -0.25) is 4.79 Å². The number of aryl methyl sites for hydroxylation is 1. The number of fused-ring (bicyclic) bond motifs is 1. The second-order valence-corrected chi connectivity index (χ2v) is 7.04. The minimum atomic E-state index is -4.88. The number of nitrogens with two attached hydrogens (primary N) is 1. The number of alkyl halides is 3. The Morgan fingerprint density at radius 1 is 1.15 bits per heavy atom. The summed E-state index contributed by atoms with van der Waals surface area (Å²) in [6.07, 6.45) is -2.03. The van der Waals surface area contributed by atoms with Crippen LogP contribution in [0.3, 0.4) is 0 Å². The first kappa shape index (κ1) is 22.1. The zero-order valence-corrected chi connectivity index (χ0v) is 17.2. The van der Waals surface area contributed by atoms with Crippen molar-refractivity contribution in [3.63, 3.8) is 0 Å². The second-order valence-electron chi connectivity index (χ2n) is 7.04. The smallest absolute Gasteiger partial charge is 0.419 e. The fraction of sp³-hybridized carbons (Fsp3) is 0.136. The molecule has 0 aliphatic heterocycles. The molecular weight excluding hydrogens is 442 g/mol. The number of hydrogen-bond donors (Lipinski definition) is 2. The number of benzene rings is 2. The van der Waals surface area contributed by atoms with E-state index in [1.165, 1.54) is 12.4 Å². The number of carbonyl (C=O) groups excluding carboxylic acids is 1. The van der Waals surface area contributed by atoms with Crippen molar-refractivity contribution in [2.75, 3.05) is 11.1 Å². The molecule has 3 N–H and O–H groups in total. The minimum Gasteiger partial charge on any atom is -0.439 e. The van der Waals surface area contributed by atoms with Crippen molar-refractivity contribution in [2.24, 2.45) is 0 Å². The second kappa shape index (κ2) is 8.41. The predicted molar refractivity (Wildman–Crippen MR) is 113 cm³/mol. The summed E-state index contributed by atoms with van der Waals surface area (Å²) < 4.78 is 60.0. The molecule has 0 unspecified atom stereocenters. The van der Waals surface area contributed by atoms with Crippen LogP contribution in [0.15, 0.2) is 55.0 Å². The molecule has 4 rings (SSSR count). The van der Waals surface area contributed by atoms with E-state index >= 15 is 0 Å². The van der Waals surface area contributed by atoms with Crippen molar-refractivity contribution in [1.82, 2.24) is 14.5 Å². The molecule has 0 saturated heterocycles. The van der Waals surface area contributed by atoms with E-state index in [-0.39, 0.29) is 22.9 Å². The quantitative estimate of drug-likeness (QED) is 0.398. The molecule has 2 heterocycles. The number of carbonyl (C=O) groups is 1. The maximum Gasteiger partial charge on any atom is 0.419 e. The summed E-state index contributed by atoms with van der Waals surface area (Å²) >= 11 is 0. The van der Waals surface area contributed by atoms with Crippen LogP contribution in [0, 0.1) is 5.82 Å². The summed E-state index contributed by atoms with van der Waals surface area (Å²) in [4.78, 5) is 20.6. The largest absolute Gasteiger partial charge is 0.439 e. The van der Waals surface area contributed by atoms with E-state index in [9.17, 15) is 22.4 Å². The van der Waals surface area contributed by atoms with E-state index in [2.05, 4.69) is 15.3 Å². The van der Waals surface area contributed by atoms with E-state index in [0.717, 1.165) is 6.07 Å². The Hall–Kier alpha value is -4.15. The molecular formula is C22H17F4N5O2. The Morgan fingerprint density at radius 2 is 1.94 bits per heavy atom. The lowest BCUT2D eigenvalue weighted by atomic mass is 10.1. The van der Waals surface area contributed by atoms with Crippen LogP contribution in [-0.2, 0) is 12.7 Å². The first-order valence-electron chi connectivity index (χ1n) is 9.72. The Morgan fingerprint density at radius 3 is 2.64 bits per heavy atom. The standard InChI is InChI=1S/C22H17F4N5O2/c1-2-31-10-15(21(32)30-12-3-6-17(23)16(7-12)22(24,25)26)14-5-4-13(8-18(14)31)33-20-9-19(27)28-11-29-20/h3-11H,2H2,1H3,(H,30,32)(H2,27,28,29). The third kappa shape index (κ3) is 4.56. The lowest BCUT2D eigenvalue weighted by Gasteiger charge is -2.11. The van der Waals surface area contributed by atoms with Crippen LogP contribution >= 0.6 is 0 Å². The van der Waals surface area contributed by atoms with Crippen LogP contribution in [-0.4, -0.2) is 20.4 Å². The Balaban J connectivity index is 1.65. The zero-order chi connectivity index (χ0) is 23.8. The van der Waals surface area contributed by atoms with Crippen LogP contribution in [0.2, 0.25) is 0 Å². The number of halogens is 4. The number of nitrogens with one attached hydrogen (secondary N) is 1. The van der Waals surface area contributed by atoms with Crippen molar-refractivity contribution in [3.8, 4) is 11.6 Å². The topological polar surface area (TPSA) is 95.1 Å². The van der Waals surface area contributed by atoms with Crippen molar-refractivity contribution >= 4 is 28.3 Å². The van der Waals surface area contributed by atoms with Gasteiger partial charge in [-0.15, -0.1) is 0 Å². The van der Waals surface area contributed by atoms with E-state index in [1.807, 2.05) is 6.92 Å². The highest BCUT2D eigenvalue weighted by Gasteiger charge is 2.34. The molecule has 2 aromatic heterocycles. The predicted octanol–water partition coefficient (Wildman–Crippen LogP) is 5.24. The van der Waals surface area contributed by atoms with Crippen molar-refractivity contribution < 1.29 is 27.1 Å². The van der Waals surface area contributed by atoms with Crippen LogP contribution in [0.25, 0.3) is 10.9 Å². The van der Waals surface area contributed by atoms with Gasteiger partial charge in [0.2, 0.25) is 5.88 Å². The lowest BCUT2D eigenvalue weighted by molar-refractivity contribution is -0.139. The molecule has 0 fully saturated rings. The summed E-state index contributed by atoms with van der Waals surface area (Å²) in [7, 11) is 0. The number of amides is 1. The van der Waals surface area contributed by atoms with Gasteiger partial charge in [-0.25, -0.2) is 14.4 Å². The normalized spacial score (nSPS) is 11.5. The maximum absolute atomic E-state index is 13.5. The molecule has 1 amide bonds. The third-order valence-corrected chi connectivity index (χ3v) is 4.85. The van der Waals surface area contributed by atoms with Gasteiger partial charge in [0, 0.05) is 35.9 Å². The molecule has 170 valence electrons. The van der Waals surface area contributed by atoms with Crippen molar-refractivity contribution in [2.45, 2.75) is 19.6 Å². The third-order valence-electron chi connectivity index (χ3n) is 4.85. The zero-order valence-electron chi connectivity index (χ0n) is 17.2. The number of anilines is 2. The van der Waals surface area contributed by atoms with E-state index in [4.69, 9.17) is 10.5 Å². The Labute approximate surface area is 184 Å². The van der Waals surface area contributed by atoms with Gasteiger partial charge in [0.1, 0.15) is 23.7 Å². The summed E-state index contributed by atoms with van der Waals surface area (Å²) in [6.45, 7) is 2.39. The monoisotopic (exact) mass is 459 g/mol. The highest BCUT2D eigenvalue weighted by molar-refractivity contribution is 6.13. The fourth-order valence-electron chi connectivity index (χ4n) is 3.33. The van der Waals surface area contributed by atoms with E-state index in [0.29, 0.717) is 35.3 Å². The maximum atomic E-state index is 13.5. The lowest BCUT2D eigenvalue weighted by Crippen LogP contribution is -2.14. The molecule has 2 aromatic carbocycles. The van der Waals surface area contributed by atoms with Gasteiger partial charge >= 0.3 is 6.18 Å². The summed E-state index contributed by atoms with van der Waals surface area (Å²) in [5.74, 6) is -1.13. The highest BCUT2D eigenvalue weighted by Crippen LogP contribution is 2.34. The molecule has 0 atom stereocenters. The van der Waals surface area contributed by atoms with Gasteiger partial charge in [0.15, 0.2) is 0 Å². The van der Waals surface area contributed by atoms with Crippen LogP contribution < -0.4 is 15.8 Å². The molecule has 33 heavy (non-hydrogen) atoms. The average molecular weight is 459 g/mol. The van der Waals surface area contributed by atoms with Crippen LogP contribution in [0.5, 0.6) is 11.6 Å². The Bertz CT molecular complexity index is 1350. The van der Waals surface area contributed by atoms with Crippen molar-refractivity contribution in [1.29, 1.82) is 0 Å². The van der Waals surface area contributed by atoms with Crippen LogP contribution in [0.1, 0.15) is 22.8 Å². The molecule has 0 saturated carbocycles. The van der Waals surface area contributed by atoms with Gasteiger partial charge < -0.3 is 20.4 Å². The van der Waals surface area contributed by atoms with E-state index in [1.54, 1.807) is 29.0 Å². The first-order chi connectivity index (χ1) is 15.7. The van der Waals surface area contributed by atoms with Crippen molar-refractivity contribution in [3.05, 3.63) is 71.9 Å². The molecule has 0 spiro atoms.